The fourth-order valence-electron chi connectivity index (χ4n) is 2.60. The van der Waals surface area contributed by atoms with E-state index in [0.717, 1.165) is 31.0 Å². The molecular weight excluding hydrogens is 238 g/mol. The average Bonchev–Trinajstić information content (AvgIpc) is 3.01. The van der Waals surface area contributed by atoms with Gasteiger partial charge in [0.25, 0.3) is 0 Å². The van der Waals surface area contributed by atoms with E-state index in [-0.39, 0.29) is 0 Å². The molecule has 1 unspecified atom stereocenters. The summed E-state index contributed by atoms with van der Waals surface area (Å²) in [7, 11) is 0. The SMILES string of the molecule is Cc1ccc(-n2nnc(CC3CCNC3)n2)c(C)c1. The van der Waals surface area contributed by atoms with Crippen molar-refractivity contribution in [3.63, 3.8) is 0 Å². The fraction of sp³-hybridized carbons (Fsp3) is 0.500. The number of benzene rings is 1. The molecule has 0 aliphatic carbocycles. The Bertz CT molecular complexity index is 569. The van der Waals surface area contributed by atoms with Crippen LogP contribution in [0, 0.1) is 19.8 Å². The lowest BCUT2D eigenvalue weighted by Gasteiger charge is -2.04. The summed E-state index contributed by atoms with van der Waals surface area (Å²) in [5.74, 6) is 1.49. The van der Waals surface area contributed by atoms with Gasteiger partial charge in [-0.3, -0.25) is 0 Å². The van der Waals surface area contributed by atoms with Crippen molar-refractivity contribution in [2.45, 2.75) is 26.7 Å². The second kappa shape index (κ2) is 5.09. The molecule has 0 spiro atoms. The summed E-state index contributed by atoms with van der Waals surface area (Å²) in [5, 5.41) is 16.2. The third-order valence-corrected chi connectivity index (χ3v) is 3.66. The van der Waals surface area contributed by atoms with E-state index in [1.165, 1.54) is 17.5 Å². The van der Waals surface area contributed by atoms with E-state index in [4.69, 9.17) is 0 Å². The molecule has 3 rings (SSSR count). The molecule has 5 nitrogen and oxygen atoms in total. The van der Waals surface area contributed by atoms with Gasteiger partial charge in [-0.15, -0.1) is 15.0 Å². The molecule has 2 heterocycles. The van der Waals surface area contributed by atoms with Crippen LogP contribution in [0.4, 0.5) is 0 Å². The van der Waals surface area contributed by atoms with Crippen LogP contribution in [0.15, 0.2) is 18.2 Å². The summed E-state index contributed by atoms with van der Waals surface area (Å²) >= 11 is 0. The van der Waals surface area contributed by atoms with Crippen LogP contribution in [0.3, 0.4) is 0 Å². The Balaban J connectivity index is 1.80. The largest absolute Gasteiger partial charge is 0.316 e. The van der Waals surface area contributed by atoms with Gasteiger partial charge in [-0.25, -0.2) is 0 Å². The Morgan fingerprint density at radius 1 is 1.37 bits per heavy atom. The number of hydrogen-bond donors (Lipinski definition) is 1. The predicted molar refractivity (Wildman–Crippen MR) is 73.3 cm³/mol. The van der Waals surface area contributed by atoms with Crippen molar-refractivity contribution in [1.29, 1.82) is 0 Å². The van der Waals surface area contributed by atoms with Gasteiger partial charge < -0.3 is 5.32 Å². The molecule has 2 aromatic rings. The maximum absolute atomic E-state index is 4.50. The highest BCUT2D eigenvalue weighted by Crippen LogP contribution is 2.15. The molecule has 19 heavy (non-hydrogen) atoms. The van der Waals surface area contributed by atoms with Crippen LogP contribution < -0.4 is 5.32 Å². The molecule has 1 aromatic carbocycles. The van der Waals surface area contributed by atoms with E-state index in [1.807, 2.05) is 6.07 Å². The molecule has 5 heteroatoms. The van der Waals surface area contributed by atoms with Crippen molar-refractivity contribution < 1.29 is 0 Å². The Labute approximate surface area is 113 Å². The Morgan fingerprint density at radius 3 is 3.00 bits per heavy atom. The van der Waals surface area contributed by atoms with Crippen LogP contribution in [0.25, 0.3) is 5.69 Å². The van der Waals surface area contributed by atoms with Crippen LogP contribution in [0.1, 0.15) is 23.4 Å². The second-order valence-electron chi connectivity index (χ2n) is 5.35. The van der Waals surface area contributed by atoms with Crippen molar-refractivity contribution in [1.82, 2.24) is 25.5 Å². The Hall–Kier alpha value is -1.75. The number of aryl methyl sites for hydroxylation is 2. The molecule has 100 valence electrons. The lowest BCUT2D eigenvalue weighted by molar-refractivity contribution is 0.560. The van der Waals surface area contributed by atoms with E-state index in [2.05, 4.69) is 46.7 Å². The van der Waals surface area contributed by atoms with E-state index in [1.54, 1.807) is 4.80 Å². The standard InChI is InChI=1S/C14H19N5/c1-10-3-4-13(11(2)7-10)19-17-14(16-18-19)8-12-5-6-15-9-12/h3-4,7,12,15H,5-6,8-9H2,1-2H3. The van der Waals surface area contributed by atoms with Crippen molar-refractivity contribution in [2.75, 3.05) is 13.1 Å². The third kappa shape index (κ3) is 2.66. The zero-order chi connectivity index (χ0) is 13.2. The number of aromatic nitrogens is 4. The average molecular weight is 257 g/mol. The molecule has 1 N–H and O–H groups in total. The number of tetrazole rings is 1. The van der Waals surface area contributed by atoms with Gasteiger partial charge in [0, 0.05) is 6.42 Å². The Kier molecular flexibility index (Phi) is 3.29. The summed E-state index contributed by atoms with van der Waals surface area (Å²) in [5.41, 5.74) is 3.43. The van der Waals surface area contributed by atoms with Gasteiger partial charge >= 0.3 is 0 Å². The maximum atomic E-state index is 4.50. The molecule has 0 radical (unpaired) electrons. The molecule has 1 saturated heterocycles. The van der Waals surface area contributed by atoms with Crippen molar-refractivity contribution in [2.24, 2.45) is 5.92 Å². The van der Waals surface area contributed by atoms with E-state index in [0.29, 0.717) is 5.92 Å². The maximum Gasteiger partial charge on any atom is 0.175 e. The molecule has 0 saturated carbocycles. The summed E-state index contributed by atoms with van der Waals surface area (Å²) in [6.07, 6.45) is 2.12. The molecule has 0 bridgehead atoms. The number of nitrogens with zero attached hydrogens (tertiary/aromatic N) is 4. The fourth-order valence-corrected chi connectivity index (χ4v) is 2.60. The second-order valence-corrected chi connectivity index (χ2v) is 5.35. The van der Waals surface area contributed by atoms with Crippen LogP contribution in [-0.4, -0.2) is 33.3 Å². The molecule has 1 aromatic heterocycles. The summed E-state index contributed by atoms with van der Waals surface area (Å²) < 4.78 is 0. The van der Waals surface area contributed by atoms with Gasteiger partial charge in [0.2, 0.25) is 0 Å². The molecular formula is C14H19N5. The molecule has 0 amide bonds. The van der Waals surface area contributed by atoms with Crippen LogP contribution in [0.5, 0.6) is 0 Å². The first-order valence-corrected chi connectivity index (χ1v) is 6.79. The van der Waals surface area contributed by atoms with Gasteiger partial charge in [-0.1, -0.05) is 17.7 Å². The van der Waals surface area contributed by atoms with Gasteiger partial charge in [0.1, 0.15) is 0 Å². The summed E-state index contributed by atoms with van der Waals surface area (Å²) in [6.45, 7) is 6.34. The summed E-state index contributed by atoms with van der Waals surface area (Å²) in [4.78, 5) is 1.65. The quantitative estimate of drug-likeness (QED) is 0.903. The van der Waals surface area contributed by atoms with Gasteiger partial charge in [-0.05, 0) is 56.1 Å². The predicted octanol–water partition coefficient (Wildman–Crippen LogP) is 1.43. The molecule has 1 aliphatic heterocycles. The van der Waals surface area contributed by atoms with Crippen molar-refractivity contribution in [3.05, 3.63) is 35.2 Å². The number of nitrogens with one attached hydrogen (secondary N) is 1. The zero-order valence-electron chi connectivity index (χ0n) is 11.4. The minimum absolute atomic E-state index is 0.650. The highest BCUT2D eigenvalue weighted by Gasteiger charge is 2.17. The van der Waals surface area contributed by atoms with E-state index >= 15 is 0 Å². The number of rotatable bonds is 3. The normalized spacial score (nSPS) is 18.9. The zero-order valence-corrected chi connectivity index (χ0v) is 11.4. The first-order chi connectivity index (χ1) is 9.22. The Morgan fingerprint density at radius 2 is 2.26 bits per heavy atom. The van der Waals surface area contributed by atoms with Crippen molar-refractivity contribution in [3.8, 4) is 5.69 Å². The van der Waals surface area contributed by atoms with Gasteiger partial charge in [0.15, 0.2) is 5.82 Å². The van der Waals surface area contributed by atoms with Crippen LogP contribution in [0.2, 0.25) is 0 Å². The summed E-state index contributed by atoms with van der Waals surface area (Å²) in [6, 6.07) is 6.26. The van der Waals surface area contributed by atoms with Crippen LogP contribution in [-0.2, 0) is 6.42 Å². The van der Waals surface area contributed by atoms with E-state index in [9.17, 15) is 0 Å². The lowest BCUT2D eigenvalue weighted by atomic mass is 10.1. The van der Waals surface area contributed by atoms with Crippen LogP contribution >= 0.6 is 0 Å². The molecule has 1 aliphatic rings. The topological polar surface area (TPSA) is 55.6 Å². The van der Waals surface area contributed by atoms with Gasteiger partial charge in [-0.2, -0.15) is 0 Å². The smallest absolute Gasteiger partial charge is 0.175 e. The molecule has 1 fully saturated rings. The van der Waals surface area contributed by atoms with Gasteiger partial charge in [0.05, 0.1) is 5.69 Å². The highest BCUT2D eigenvalue weighted by molar-refractivity contribution is 5.40. The monoisotopic (exact) mass is 257 g/mol. The third-order valence-electron chi connectivity index (χ3n) is 3.66. The minimum atomic E-state index is 0.650. The lowest BCUT2D eigenvalue weighted by Crippen LogP contribution is -2.11. The van der Waals surface area contributed by atoms with Crippen molar-refractivity contribution >= 4 is 0 Å². The van der Waals surface area contributed by atoms with E-state index < -0.39 is 0 Å². The highest BCUT2D eigenvalue weighted by atomic mass is 15.6. The first kappa shape index (κ1) is 12.3. The number of hydrogen-bond acceptors (Lipinski definition) is 4. The molecule has 1 atom stereocenters. The minimum Gasteiger partial charge on any atom is -0.316 e. The first-order valence-electron chi connectivity index (χ1n) is 6.79.